The highest BCUT2D eigenvalue weighted by Gasteiger charge is 2.13. The molecule has 0 aromatic heterocycles. The fraction of sp³-hybridized carbons (Fsp3) is 0.333. The minimum Gasteiger partial charge on any atom is -0.314 e. The number of hydrogen-bond donors (Lipinski definition) is 1. The first-order chi connectivity index (χ1) is 10.1. The van der Waals surface area contributed by atoms with Crippen molar-refractivity contribution in [1.82, 2.24) is 5.32 Å². The summed E-state index contributed by atoms with van der Waals surface area (Å²) in [6.45, 7) is 5.28. The zero-order valence-electron chi connectivity index (χ0n) is 12.4. The molecule has 0 spiro atoms. The predicted octanol–water partition coefficient (Wildman–Crippen LogP) is 5.32. The second-order valence-corrected chi connectivity index (χ2v) is 6.44. The van der Waals surface area contributed by atoms with Crippen molar-refractivity contribution in [3.8, 4) is 0 Å². The Kier molecular flexibility index (Phi) is 6.10. The largest absolute Gasteiger partial charge is 0.314 e. The fourth-order valence-electron chi connectivity index (χ4n) is 2.36. The molecule has 0 fully saturated rings. The van der Waals surface area contributed by atoms with Crippen molar-refractivity contribution in [2.24, 2.45) is 0 Å². The van der Waals surface area contributed by atoms with E-state index >= 15 is 0 Å². The molecule has 2 rings (SSSR count). The van der Waals surface area contributed by atoms with Gasteiger partial charge in [0.05, 0.1) is 10.0 Å². The molecule has 0 amide bonds. The summed E-state index contributed by atoms with van der Waals surface area (Å²) in [6, 6.07) is 17.0. The van der Waals surface area contributed by atoms with Crippen LogP contribution in [0.5, 0.6) is 0 Å². The van der Waals surface area contributed by atoms with E-state index in [1.54, 1.807) is 0 Å². The third-order valence-corrected chi connectivity index (χ3v) is 4.25. The second kappa shape index (κ2) is 7.84. The van der Waals surface area contributed by atoms with Gasteiger partial charge >= 0.3 is 0 Å². The molecule has 1 nitrogen and oxygen atoms in total. The zero-order valence-corrected chi connectivity index (χ0v) is 14.0. The Labute approximate surface area is 137 Å². The summed E-state index contributed by atoms with van der Waals surface area (Å²) in [4.78, 5) is 0. The van der Waals surface area contributed by atoms with Gasteiger partial charge in [0.25, 0.3) is 0 Å². The highest BCUT2D eigenvalue weighted by Crippen LogP contribution is 2.26. The van der Waals surface area contributed by atoms with E-state index in [2.05, 4.69) is 55.6 Å². The van der Waals surface area contributed by atoms with E-state index in [1.165, 1.54) is 11.1 Å². The normalized spacial score (nSPS) is 12.6. The van der Waals surface area contributed by atoms with Gasteiger partial charge in [-0.3, -0.25) is 0 Å². The van der Waals surface area contributed by atoms with E-state index in [4.69, 9.17) is 23.2 Å². The average Bonchev–Trinajstić information content (AvgIpc) is 2.48. The van der Waals surface area contributed by atoms with Crippen LogP contribution in [-0.2, 0) is 6.42 Å². The van der Waals surface area contributed by atoms with Crippen LogP contribution in [0, 0.1) is 0 Å². The molecule has 2 aromatic carbocycles. The first-order valence-electron chi connectivity index (χ1n) is 7.28. The molecule has 0 saturated carbocycles. The van der Waals surface area contributed by atoms with E-state index in [0.717, 1.165) is 13.0 Å². The van der Waals surface area contributed by atoms with Crippen LogP contribution >= 0.6 is 23.2 Å². The maximum Gasteiger partial charge on any atom is 0.0595 e. The summed E-state index contributed by atoms with van der Waals surface area (Å²) in [5.74, 6) is 0.422. The summed E-state index contributed by atoms with van der Waals surface area (Å²) < 4.78 is 0. The predicted molar refractivity (Wildman–Crippen MR) is 92.5 cm³/mol. The summed E-state index contributed by atoms with van der Waals surface area (Å²) in [5, 5.41) is 4.76. The lowest BCUT2D eigenvalue weighted by Gasteiger charge is -2.20. The van der Waals surface area contributed by atoms with Crippen LogP contribution in [0.25, 0.3) is 0 Å². The van der Waals surface area contributed by atoms with Crippen LogP contribution < -0.4 is 5.32 Å². The van der Waals surface area contributed by atoms with Crippen LogP contribution in [-0.4, -0.2) is 12.6 Å². The molecule has 1 atom stereocenters. The number of rotatable bonds is 6. The van der Waals surface area contributed by atoms with Gasteiger partial charge in [0.1, 0.15) is 0 Å². The van der Waals surface area contributed by atoms with Gasteiger partial charge in [-0.2, -0.15) is 0 Å². The molecule has 0 bridgehead atoms. The van der Waals surface area contributed by atoms with E-state index in [-0.39, 0.29) is 0 Å². The Morgan fingerprint density at radius 2 is 1.67 bits per heavy atom. The monoisotopic (exact) mass is 321 g/mol. The lowest BCUT2D eigenvalue weighted by molar-refractivity contribution is 0.527. The quantitative estimate of drug-likeness (QED) is 0.759. The molecule has 0 saturated heterocycles. The third-order valence-electron chi connectivity index (χ3n) is 3.51. The first kappa shape index (κ1) is 16.4. The molecule has 112 valence electrons. The van der Waals surface area contributed by atoms with Gasteiger partial charge in [-0.15, -0.1) is 0 Å². The molecule has 1 N–H and O–H groups in total. The molecule has 0 aliphatic rings. The van der Waals surface area contributed by atoms with Gasteiger partial charge in [0.2, 0.25) is 0 Å². The maximum absolute atomic E-state index is 6.12. The van der Waals surface area contributed by atoms with Crippen molar-refractivity contribution < 1.29 is 0 Å². The maximum atomic E-state index is 6.12. The number of benzene rings is 2. The molecular weight excluding hydrogens is 301 g/mol. The zero-order chi connectivity index (χ0) is 15.2. The average molecular weight is 322 g/mol. The van der Waals surface area contributed by atoms with Crippen molar-refractivity contribution >= 4 is 23.2 Å². The molecule has 3 heteroatoms. The van der Waals surface area contributed by atoms with Gasteiger partial charge in [-0.05, 0) is 29.7 Å². The van der Waals surface area contributed by atoms with Crippen LogP contribution in [0.2, 0.25) is 10.0 Å². The minimum absolute atomic E-state index is 0.422. The third kappa shape index (κ3) is 5.03. The second-order valence-electron chi connectivity index (χ2n) is 5.62. The topological polar surface area (TPSA) is 12.0 Å². The van der Waals surface area contributed by atoms with Gasteiger partial charge < -0.3 is 5.32 Å². The first-order valence-corrected chi connectivity index (χ1v) is 8.04. The van der Waals surface area contributed by atoms with Crippen LogP contribution in [0.3, 0.4) is 0 Å². The van der Waals surface area contributed by atoms with E-state index < -0.39 is 0 Å². The fourth-order valence-corrected chi connectivity index (χ4v) is 2.68. The van der Waals surface area contributed by atoms with Crippen molar-refractivity contribution in [2.45, 2.75) is 32.2 Å². The molecule has 0 aliphatic heterocycles. The number of halogens is 2. The van der Waals surface area contributed by atoms with E-state index in [9.17, 15) is 0 Å². The van der Waals surface area contributed by atoms with Crippen molar-refractivity contribution in [3.05, 3.63) is 69.7 Å². The molecular formula is C18H21Cl2N. The van der Waals surface area contributed by atoms with Crippen molar-refractivity contribution in [3.63, 3.8) is 0 Å². The van der Waals surface area contributed by atoms with Gasteiger partial charge in [0, 0.05) is 18.5 Å². The SMILES string of the molecule is CC(C)NCC(Cc1ccc(Cl)c(Cl)c1)c1ccccc1. The van der Waals surface area contributed by atoms with Gasteiger partial charge in [0.15, 0.2) is 0 Å². The number of hydrogen-bond acceptors (Lipinski definition) is 1. The minimum atomic E-state index is 0.422. The smallest absolute Gasteiger partial charge is 0.0595 e. The Balaban J connectivity index is 2.17. The molecule has 2 aromatic rings. The molecule has 0 aliphatic carbocycles. The Morgan fingerprint density at radius 1 is 0.952 bits per heavy atom. The molecule has 1 unspecified atom stereocenters. The summed E-state index contributed by atoms with van der Waals surface area (Å²) in [6.07, 6.45) is 0.945. The summed E-state index contributed by atoms with van der Waals surface area (Å²) >= 11 is 12.1. The molecule has 0 radical (unpaired) electrons. The standard InChI is InChI=1S/C18H21Cl2N/c1-13(2)21-12-16(15-6-4-3-5-7-15)10-14-8-9-17(19)18(20)11-14/h3-9,11,13,16,21H,10,12H2,1-2H3. The Bertz CT molecular complexity index is 567. The Morgan fingerprint density at radius 3 is 2.29 bits per heavy atom. The molecule has 21 heavy (non-hydrogen) atoms. The van der Waals surface area contributed by atoms with Crippen LogP contribution in [0.1, 0.15) is 30.9 Å². The highest BCUT2D eigenvalue weighted by atomic mass is 35.5. The summed E-state index contributed by atoms with van der Waals surface area (Å²) in [5.41, 5.74) is 2.56. The van der Waals surface area contributed by atoms with E-state index in [1.807, 2.05) is 12.1 Å². The van der Waals surface area contributed by atoms with Crippen LogP contribution in [0.15, 0.2) is 48.5 Å². The molecule has 0 heterocycles. The summed E-state index contributed by atoms with van der Waals surface area (Å²) in [7, 11) is 0. The Hall–Kier alpha value is -1.02. The highest BCUT2D eigenvalue weighted by molar-refractivity contribution is 6.42. The van der Waals surface area contributed by atoms with Crippen molar-refractivity contribution in [2.75, 3.05) is 6.54 Å². The van der Waals surface area contributed by atoms with Crippen molar-refractivity contribution in [1.29, 1.82) is 0 Å². The van der Waals surface area contributed by atoms with E-state index in [0.29, 0.717) is 22.0 Å². The van der Waals surface area contributed by atoms with Gasteiger partial charge in [-0.25, -0.2) is 0 Å². The van der Waals surface area contributed by atoms with Gasteiger partial charge in [-0.1, -0.05) is 73.4 Å². The van der Waals surface area contributed by atoms with Crippen LogP contribution in [0.4, 0.5) is 0 Å². The lowest BCUT2D eigenvalue weighted by Crippen LogP contribution is -2.28. The number of nitrogens with one attached hydrogen (secondary N) is 1. The lowest BCUT2D eigenvalue weighted by atomic mass is 9.91.